The Balaban J connectivity index is 0.000000135. The molecule has 9 aromatic rings. The van der Waals surface area contributed by atoms with Gasteiger partial charge in [0.15, 0.2) is 34.4 Å². The van der Waals surface area contributed by atoms with Gasteiger partial charge in [0.05, 0.1) is 22.6 Å². The maximum atomic E-state index is 12.7. The van der Waals surface area contributed by atoms with Crippen LogP contribution in [0.25, 0.3) is 22.5 Å². The quantitative estimate of drug-likeness (QED) is 0.0566. The predicted octanol–water partition coefficient (Wildman–Crippen LogP) is 9.57. The molecule has 5 saturated heterocycles. The normalized spacial score (nSPS) is 19.4. The Bertz CT molecular complexity index is 4570. The second-order valence-electron chi connectivity index (χ2n) is 32.3. The van der Waals surface area contributed by atoms with Gasteiger partial charge in [-0.2, -0.15) is 28.8 Å². The standard InChI is InChI=1S/C26H35N7O.C26H33N7O.C20H23ClN6O.C12H22BNO2/c2*1-31-15-11-21(12-16-31)23-7-8-24-28-29-25(33(24)30-23)9-10-26(34)27-22-13-17-32(18-14-22)19-20-5-3-2-4-6-20;21-17-6-7-18-23-24-19(27(18)25-17)8-9-20(28)22-16-10-12-26(13-11-16)14-15-4-2-1-3-5-15;1-11(2)12(3,4)16-13(15-11)10-6-8-14(5)9-7-10/h2-8,21-22H,9-19H2,1H3,(H,27,34);2-8,11,22H,9-10,12-19H2,1H3,(H,27,34);1-7,16H,8-14H2,(H,22,28);6H,7-9H2,1-5H3. The van der Waals surface area contributed by atoms with Crippen LogP contribution in [0.1, 0.15) is 163 Å². The molecule has 28 heteroatoms. The Kier molecular flexibility index (Phi) is 28.2. The molecule has 3 N–H and O–H groups in total. The van der Waals surface area contributed by atoms with E-state index in [9.17, 15) is 14.4 Å². The van der Waals surface area contributed by atoms with Crippen LogP contribution in [0.5, 0.6) is 0 Å². The fraction of sp³-hybridized carbons (Fsp3) is 0.524. The predicted molar refractivity (Wildman–Crippen MR) is 437 cm³/mol. The molecule has 5 fully saturated rings. The van der Waals surface area contributed by atoms with Crippen molar-refractivity contribution in [2.75, 3.05) is 99.7 Å². The first-order valence-electron chi connectivity index (χ1n) is 40.5. The zero-order chi connectivity index (χ0) is 78.0. The van der Waals surface area contributed by atoms with Crippen molar-refractivity contribution >= 4 is 59.0 Å². The van der Waals surface area contributed by atoms with Gasteiger partial charge in [-0.25, -0.2) is 0 Å². The van der Waals surface area contributed by atoms with Crippen LogP contribution in [-0.4, -0.2) is 243 Å². The maximum Gasteiger partial charge on any atom is 0.490 e. The molecule has 13 heterocycles. The van der Waals surface area contributed by atoms with Crippen molar-refractivity contribution in [3.63, 3.8) is 0 Å². The number of likely N-dealkylation sites (tertiary alicyclic amines) is 4. The smallest absolute Gasteiger partial charge is 0.400 e. The lowest BCUT2D eigenvalue weighted by Crippen LogP contribution is -2.44. The van der Waals surface area contributed by atoms with E-state index >= 15 is 0 Å². The third kappa shape index (κ3) is 22.8. The molecular weight excluding hydrogens is 1430 g/mol. The number of benzene rings is 3. The average molecular weight is 1540 g/mol. The van der Waals surface area contributed by atoms with Crippen LogP contribution in [0.4, 0.5) is 0 Å². The molecule has 7 aliphatic rings. The first kappa shape index (κ1) is 81.3. The van der Waals surface area contributed by atoms with Gasteiger partial charge in [0, 0.05) is 148 Å². The van der Waals surface area contributed by atoms with Gasteiger partial charge in [-0.15, -0.1) is 30.6 Å². The van der Waals surface area contributed by atoms with E-state index in [1.54, 1.807) is 21.2 Å². The van der Waals surface area contributed by atoms with E-state index in [2.05, 4.69) is 233 Å². The van der Waals surface area contributed by atoms with Crippen LogP contribution in [0.15, 0.2) is 145 Å². The summed E-state index contributed by atoms with van der Waals surface area (Å²) in [4.78, 5) is 52.0. The monoisotopic (exact) mass is 1540 g/mol. The number of piperidine rings is 4. The Morgan fingerprint density at radius 1 is 0.438 bits per heavy atom. The molecule has 3 amide bonds. The molecule has 0 spiro atoms. The molecule has 6 aromatic heterocycles. The molecule has 0 aliphatic carbocycles. The Labute approximate surface area is 664 Å². The lowest BCUT2D eigenvalue weighted by molar-refractivity contribution is -0.123. The second-order valence-corrected chi connectivity index (χ2v) is 32.7. The van der Waals surface area contributed by atoms with Gasteiger partial charge >= 0.3 is 7.12 Å². The number of rotatable bonds is 21. The van der Waals surface area contributed by atoms with Crippen molar-refractivity contribution in [3.05, 3.63) is 196 Å². The average Bonchev–Trinajstić information content (AvgIpc) is 1.62. The topological polar surface area (TPSA) is 254 Å². The molecular formula is C84H113BClN21O5. The third-order valence-corrected chi connectivity index (χ3v) is 23.4. The highest BCUT2D eigenvalue weighted by Crippen LogP contribution is 2.39. The van der Waals surface area contributed by atoms with Crippen molar-refractivity contribution in [2.45, 2.75) is 185 Å². The van der Waals surface area contributed by atoms with Crippen molar-refractivity contribution < 1.29 is 23.7 Å². The van der Waals surface area contributed by atoms with E-state index in [1.165, 1.54) is 27.7 Å². The van der Waals surface area contributed by atoms with Gasteiger partial charge in [-0.1, -0.05) is 115 Å². The number of aryl methyl sites for hydroxylation is 3. The lowest BCUT2D eigenvalue weighted by Gasteiger charge is -2.32. The Hall–Kier alpha value is -8.77. The van der Waals surface area contributed by atoms with Gasteiger partial charge in [0.2, 0.25) is 17.7 Å². The lowest BCUT2D eigenvalue weighted by atomic mass is 9.75. The summed E-state index contributed by atoms with van der Waals surface area (Å²) < 4.78 is 17.3. The van der Waals surface area contributed by atoms with Crippen molar-refractivity contribution in [3.8, 4) is 0 Å². The van der Waals surface area contributed by atoms with Crippen LogP contribution in [0.2, 0.25) is 5.15 Å². The number of fused-ring (bicyclic) bond motifs is 3. The van der Waals surface area contributed by atoms with Crippen LogP contribution < -0.4 is 16.0 Å². The number of carbonyl (C=O) groups excluding carboxylic acids is 3. The summed E-state index contributed by atoms with van der Waals surface area (Å²) in [5.74, 6) is 2.82. The van der Waals surface area contributed by atoms with Gasteiger partial charge in [0.1, 0.15) is 5.15 Å². The van der Waals surface area contributed by atoms with Gasteiger partial charge in [0.25, 0.3) is 0 Å². The van der Waals surface area contributed by atoms with Gasteiger partial charge in [-0.05, 0) is 190 Å². The highest BCUT2D eigenvalue weighted by atomic mass is 35.5. The molecule has 0 atom stereocenters. The van der Waals surface area contributed by atoms with Crippen LogP contribution in [0, 0.1) is 0 Å². The highest BCUT2D eigenvalue weighted by molar-refractivity contribution is 6.54. The van der Waals surface area contributed by atoms with Crippen LogP contribution >= 0.6 is 11.6 Å². The van der Waals surface area contributed by atoms with E-state index in [0.29, 0.717) is 61.1 Å². The summed E-state index contributed by atoms with van der Waals surface area (Å²) in [5, 5.41) is 49.1. The van der Waals surface area contributed by atoms with E-state index in [0.717, 1.165) is 197 Å². The minimum Gasteiger partial charge on any atom is -0.400 e. The largest absolute Gasteiger partial charge is 0.490 e. The molecule has 7 aliphatic heterocycles. The highest BCUT2D eigenvalue weighted by Gasteiger charge is 2.52. The molecule has 0 bridgehead atoms. The molecule has 0 radical (unpaired) electrons. The van der Waals surface area contributed by atoms with E-state index in [4.69, 9.17) is 31.1 Å². The first-order valence-corrected chi connectivity index (χ1v) is 40.9. The molecule has 16 rings (SSSR count). The number of nitrogens with one attached hydrogen (secondary N) is 3. The summed E-state index contributed by atoms with van der Waals surface area (Å²) in [7, 11) is 6.29. The number of aromatic nitrogens is 12. The Morgan fingerprint density at radius 3 is 1.24 bits per heavy atom. The molecule has 594 valence electrons. The SMILES string of the molecule is CN1CC=C(B2OC(C)(C)C(C)(C)O2)CC1.CN1CC=C(c2ccc3nnc(CCC(=O)NC4CCN(Cc5ccccc5)CC4)n3n2)CC1.CN1CCC(c2ccc3nnc(CCC(=O)NC4CCN(Cc5ccccc5)CC4)n3n2)CC1.O=C(CCc1nnc2ccc(Cl)nn12)NC1CCN(Cc2ccccc2)CC1. The fourth-order valence-corrected chi connectivity index (χ4v) is 15.6. The first-order chi connectivity index (χ1) is 54.3. The number of halogens is 1. The minimum atomic E-state index is -0.220. The molecule has 3 aromatic carbocycles. The van der Waals surface area contributed by atoms with Crippen molar-refractivity contribution in [1.82, 2.24) is 105 Å². The number of hydrogen-bond donors (Lipinski definition) is 3. The number of likely N-dealkylation sites (N-methyl/N-ethyl adjacent to an activating group) is 2. The maximum absolute atomic E-state index is 12.7. The number of nitrogens with zero attached hydrogens (tertiary/aromatic N) is 18. The molecule has 26 nitrogen and oxygen atoms in total. The summed E-state index contributed by atoms with van der Waals surface area (Å²) in [6.07, 6.45) is 17.4. The minimum absolute atomic E-state index is 0.0419. The molecule has 0 saturated carbocycles. The van der Waals surface area contributed by atoms with E-state index < -0.39 is 0 Å². The van der Waals surface area contributed by atoms with Crippen LogP contribution in [-0.2, 0) is 62.6 Å². The van der Waals surface area contributed by atoms with Gasteiger partial charge < -0.3 is 40.0 Å². The number of carbonyl (C=O) groups is 3. The van der Waals surface area contributed by atoms with E-state index in [1.807, 2.05) is 28.8 Å². The summed E-state index contributed by atoms with van der Waals surface area (Å²) in [6, 6.07) is 43.9. The summed E-state index contributed by atoms with van der Waals surface area (Å²) in [6.45, 7) is 23.6. The summed E-state index contributed by atoms with van der Waals surface area (Å²) in [5.41, 5.74) is 10.3. The third-order valence-electron chi connectivity index (χ3n) is 23.2. The zero-order valence-electron chi connectivity index (χ0n) is 66.6. The second kappa shape index (κ2) is 38.8. The number of amides is 3. The zero-order valence-corrected chi connectivity index (χ0v) is 67.3. The molecule has 0 unspecified atom stereocenters. The number of hydrogen-bond acceptors (Lipinski definition) is 20. The van der Waals surface area contributed by atoms with Crippen molar-refractivity contribution in [1.29, 1.82) is 0 Å². The molecule has 112 heavy (non-hydrogen) atoms. The summed E-state index contributed by atoms with van der Waals surface area (Å²) >= 11 is 5.93. The Morgan fingerprint density at radius 2 is 0.830 bits per heavy atom. The van der Waals surface area contributed by atoms with Crippen molar-refractivity contribution in [2.24, 2.45) is 0 Å². The van der Waals surface area contributed by atoms with Gasteiger partial charge in [-0.3, -0.25) is 29.1 Å². The van der Waals surface area contributed by atoms with Crippen LogP contribution in [0.3, 0.4) is 0 Å². The fourth-order valence-electron chi connectivity index (χ4n) is 15.5. The van der Waals surface area contributed by atoms with E-state index in [-0.39, 0.29) is 54.2 Å².